The summed E-state index contributed by atoms with van der Waals surface area (Å²) >= 11 is 0. The molecule has 0 spiro atoms. The Kier molecular flexibility index (Phi) is 9.33. The molecule has 25 heavy (non-hydrogen) atoms. The van der Waals surface area contributed by atoms with Crippen LogP contribution in [0.25, 0.3) is 0 Å². The largest absolute Gasteiger partial charge is 0.496 e. The minimum absolute atomic E-state index is 0. The molecule has 0 aromatic heterocycles. The van der Waals surface area contributed by atoms with E-state index in [0.29, 0.717) is 23.9 Å². The van der Waals surface area contributed by atoms with Crippen LogP contribution in [-0.4, -0.2) is 38.7 Å². The van der Waals surface area contributed by atoms with Crippen molar-refractivity contribution in [3.05, 3.63) is 41.5 Å². The van der Waals surface area contributed by atoms with Crippen LogP contribution in [0, 0.1) is 0 Å². The predicted molar refractivity (Wildman–Crippen MR) is 110 cm³/mol. The Morgan fingerprint density at radius 1 is 1.28 bits per heavy atom. The molecule has 0 saturated carbocycles. The highest BCUT2D eigenvalue weighted by molar-refractivity contribution is 14.0. The first-order valence-electron chi connectivity index (χ1n) is 8.13. The van der Waals surface area contributed by atoms with Crippen molar-refractivity contribution in [2.45, 2.75) is 32.4 Å². The summed E-state index contributed by atoms with van der Waals surface area (Å²) in [5.41, 5.74) is 1.37. The van der Waals surface area contributed by atoms with Crippen molar-refractivity contribution >= 4 is 35.9 Å². The lowest BCUT2D eigenvalue weighted by Crippen LogP contribution is -2.42. The van der Waals surface area contributed by atoms with Crippen molar-refractivity contribution in [1.82, 2.24) is 10.6 Å². The molecule has 0 heterocycles. The van der Waals surface area contributed by atoms with Crippen LogP contribution >= 0.6 is 24.0 Å². The Balaban J connectivity index is 0.00000312. The Hall–Kier alpha value is -1.77. The molecule has 0 saturated heterocycles. The lowest BCUT2D eigenvalue weighted by Gasteiger charge is -2.16. The van der Waals surface area contributed by atoms with E-state index < -0.39 is 5.97 Å². The van der Waals surface area contributed by atoms with Gasteiger partial charge in [0.2, 0.25) is 0 Å². The average Bonchev–Trinajstić information content (AvgIpc) is 3.12. The van der Waals surface area contributed by atoms with Gasteiger partial charge in [-0.05, 0) is 37.5 Å². The van der Waals surface area contributed by atoms with Crippen LogP contribution in [0.1, 0.15) is 35.7 Å². The number of nitrogens with zero attached hydrogens (tertiary/aromatic N) is 1. The fourth-order valence-corrected chi connectivity index (χ4v) is 2.53. The summed E-state index contributed by atoms with van der Waals surface area (Å²) in [5.74, 6) is 0.875. The summed E-state index contributed by atoms with van der Waals surface area (Å²) in [5, 5.41) is 6.68. The number of hydrogen-bond donors (Lipinski definition) is 2. The number of methoxy groups -OCH3 is 2. The molecule has 0 unspecified atom stereocenters. The second-order valence-corrected chi connectivity index (χ2v) is 5.51. The fraction of sp³-hybridized carbons (Fsp3) is 0.444. The van der Waals surface area contributed by atoms with Gasteiger partial charge in [-0.1, -0.05) is 18.2 Å². The molecule has 138 valence electrons. The molecule has 0 aliphatic heterocycles. The van der Waals surface area contributed by atoms with Gasteiger partial charge in [0.15, 0.2) is 5.96 Å². The summed E-state index contributed by atoms with van der Waals surface area (Å²) in [4.78, 5) is 16.3. The van der Waals surface area contributed by atoms with E-state index in [1.54, 1.807) is 6.07 Å². The van der Waals surface area contributed by atoms with E-state index in [9.17, 15) is 4.79 Å². The standard InChI is InChI=1S/C18H25N3O3.HI/c1-4-19-18(21-14-7-5-6-8-14)20-12-13-9-10-15(17(22)24-3)16(11-13)23-2;/h5-6,9-11,14H,4,7-8,12H2,1-3H3,(H2,19,20,21);1H. The maximum atomic E-state index is 11.7. The second-order valence-electron chi connectivity index (χ2n) is 5.51. The summed E-state index contributed by atoms with van der Waals surface area (Å²) in [6.07, 6.45) is 6.40. The van der Waals surface area contributed by atoms with Gasteiger partial charge in [-0.2, -0.15) is 0 Å². The van der Waals surface area contributed by atoms with E-state index in [0.717, 1.165) is 30.9 Å². The number of rotatable bonds is 6. The van der Waals surface area contributed by atoms with Gasteiger partial charge in [0, 0.05) is 12.6 Å². The minimum Gasteiger partial charge on any atom is -0.496 e. The van der Waals surface area contributed by atoms with Gasteiger partial charge in [-0.25, -0.2) is 9.79 Å². The Morgan fingerprint density at radius 2 is 2.00 bits per heavy atom. The van der Waals surface area contributed by atoms with Gasteiger partial charge >= 0.3 is 5.97 Å². The number of esters is 1. The third-order valence-electron chi connectivity index (χ3n) is 3.78. The quantitative estimate of drug-likeness (QED) is 0.225. The van der Waals surface area contributed by atoms with E-state index in [4.69, 9.17) is 9.47 Å². The smallest absolute Gasteiger partial charge is 0.341 e. The van der Waals surface area contributed by atoms with E-state index in [-0.39, 0.29) is 24.0 Å². The third-order valence-corrected chi connectivity index (χ3v) is 3.78. The summed E-state index contributed by atoms with van der Waals surface area (Å²) in [7, 11) is 2.89. The molecule has 6 nitrogen and oxygen atoms in total. The van der Waals surface area contributed by atoms with Gasteiger partial charge < -0.3 is 20.1 Å². The molecule has 1 aromatic rings. The van der Waals surface area contributed by atoms with Crippen molar-refractivity contribution in [2.75, 3.05) is 20.8 Å². The van der Waals surface area contributed by atoms with Crippen LogP contribution in [-0.2, 0) is 11.3 Å². The van der Waals surface area contributed by atoms with E-state index in [2.05, 4.69) is 27.8 Å². The minimum atomic E-state index is -0.411. The first-order chi connectivity index (χ1) is 11.7. The third kappa shape index (κ3) is 6.22. The number of carbonyl (C=O) groups excluding carboxylic acids is 1. The number of guanidine groups is 1. The topological polar surface area (TPSA) is 72.0 Å². The summed E-state index contributed by atoms with van der Waals surface area (Å²) < 4.78 is 10.0. The Bertz CT molecular complexity index is 624. The zero-order valence-electron chi connectivity index (χ0n) is 14.9. The van der Waals surface area contributed by atoms with Gasteiger partial charge in [0.1, 0.15) is 11.3 Å². The molecule has 2 rings (SSSR count). The highest BCUT2D eigenvalue weighted by Gasteiger charge is 2.14. The second kappa shape index (κ2) is 11.0. The monoisotopic (exact) mass is 459 g/mol. The van der Waals surface area contributed by atoms with Crippen LogP contribution in [0.4, 0.5) is 0 Å². The van der Waals surface area contributed by atoms with E-state index >= 15 is 0 Å². The number of hydrogen-bond acceptors (Lipinski definition) is 4. The molecule has 0 radical (unpaired) electrons. The number of nitrogens with one attached hydrogen (secondary N) is 2. The van der Waals surface area contributed by atoms with Crippen LogP contribution in [0.3, 0.4) is 0 Å². The molecule has 1 aliphatic rings. The maximum Gasteiger partial charge on any atom is 0.341 e. The highest BCUT2D eigenvalue weighted by Crippen LogP contribution is 2.21. The normalized spacial score (nSPS) is 14.0. The number of carbonyl (C=O) groups is 1. The lowest BCUT2D eigenvalue weighted by atomic mass is 10.1. The molecule has 0 atom stereocenters. The van der Waals surface area contributed by atoms with Crippen LogP contribution in [0.2, 0.25) is 0 Å². The first kappa shape index (κ1) is 21.3. The van der Waals surface area contributed by atoms with E-state index in [1.807, 2.05) is 19.1 Å². The molecule has 0 bridgehead atoms. The zero-order valence-corrected chi connectivity index (χ0v) is 17.2. The summed E-state index contributed by atoms with van der Waals surface area (Å²) in [6, 6.07) is 5.78. The zero-order chi connectivity index (χ0) is 17.4. The number of aliphatic imine (C=N–C) groups is 1. The molecule has 2 N–H and O–H groups in total. The maximum absolute atomic E-state index is 11.7. The van der Waals surface area contributed by atoms with Gasteiger partial charge in [0.05, 0.1) is 20.8 Å². The number of benzene rings is 1. The molecule has 7 heteroatoms. The predicted octanol–water partition coefficient (Wildman–Crippen LogP) is 2.87. The molecule has 1 aliphatic carbocycles. The van der Waals surface area contributed by atoms with Crippen molar-refractivity contribution in [2.24, 2.45) is 4.99 Å². The molecule has 0 amide bonds. The lowest BCUT2D eigenvalue weighted by molar-refractivity contribution is 0.0597. The van der Waals surface area contributed by atoms with Crippen LogP contribution < -0.4 is 15.4 Å². The SMILES string of the molecule is CCNC(=NCc1ccc(C(=O)OC)c(OC)c1)NC1CC=CC1.I. The van der Waals surface area contributed by atoms with Gasteiger partial charge in [0.25, 0.3) is 0 Å². The van der Waals surface area contributed by atoms with Crippen molar-refractivity contribution in [3.8, 4) is 5.75 Å². The first-order valence-corrected chi connectivity index (χ1v) is 8.13. The van der Waals surface area contributed by atoms with Crippen molar-refractivity contribution in [1.29, 1.82) is 0 Å². The van der Waals surface area contributed by atoms with Gasteiger partial charge in [-0.15, -0.1) is 24.0 Å². The van der Waals surface area contributed by atoms with Gasteiger partial charge in [-0.3, -0.25) is 0 Å². The van der Waals surface area contributed by atoms with Crippen LogP contribution in [0.5, 0.6) is 5.75 Å². The Labute approximate surface area is 166 Å². The average molecular weight is 459 g/mol. The van der Waals surface area contributed by atoms with E-state index in [1.165, 1.54) is 14.2 Å². The van der Waals surface area contributed by atoms with Crippen molar-refractivity contribution in [3.63, 3.8) is 0 Å². The molecule has 0 fully saturated rings. The summed E-state index contributed by atoms with van der Waals surface area (Å²) in [6.45, 7) is 3.34. The fourth-order valence-electron chi connectivity index (χ4n) is 2.53. The number of ether oxygens (including phenoxy) is 2. The van der Waals surface area contributed by atoms with Crippen molar-refractivity contribution < 1.29 is 14.3 Å². The number of halogens is 1. The molecule has 1 aromatic carbocycles. The Morgan fingerprint density at radius 3 is 2.60 bits per heavy atom. The molecular formula is C18H26IN3O3. The molecular weight excluding hydrogens is 433 g/mol. The highest BCUT2D eigenvalue weighted by atomic mass is 127. The van der Waals surface area contributed by atoms with Crippen LogP contribution in [0.15, 0.2) is 35.3 Å².